The fourth-order valence-corrected chi connectivity index (χ4v) is 0.878. The summed E-state index contributed by atoms with van der Waals surface area (Å²) in [4.78, 5) is 10.5. The van der Waals surface area contributed by atoms with E-state index in [-0.39, 0.29) is 0 Å². The van der Waals surface area contributed by atoms with Gasteiger partial charge in [-0.25, -0.2) is 9.18 Å². The molecule has 1 atom stereocenters. The van der Waals surface area contributed by atoms with E-state index in [1.165, 1.54) is 0 Å². The molecule has 102 valence electrons. The van der Waals surface area contributed by atoms with Crippen molar-refractivity contribution >= 4 is 5.97 Å². The van der Waals surface area contributed by atoms with E-state index in [0.29, 0.717) is 7.11 Å². The first kappa shape index (κ1) is 15.9. The van der Waals surface area contributed by atoms with Crippen LogP contribution in [0.15, 0.2) is 0 Å². The fourth-order valence-electron chi connectivity index (χ4n) is 0.878. The van der Waals surface area contributed by atoms with E-state index in [9.17, 15) is 35.5 Å². The van der Waals surface area contributed by atoms with Crippen LogP contribution in [0.1, 0.15) is 6.42 Å². The van der Waals surface area contributed by atoms with Gasteiger partial charge in [0, 0.05) is 6.42 Å². The second kappa shape index (κ2) is 4.67. The van der Waals surface area contributed by atoms with Gasteiger partial charge in [-0.2, -0.15) is 26.3 Å². The molecular formula is C7H7F7O3. The lowest BCUT2D eigenvalue weighted by Gasteiger charge is -2.30. The van der Waals surface area contributed by atoms with Gasteiger partial charge < -0.3 is 9.84 Å². The lowest BCUT2D eigenvalue weighted by atomic mass is 9.96. The van der Waals surface area contributed by atoms with Crippen LogP contribution in [0.5, 0.6) is 0 Å². The molecule has 0 amide bonds. The molecular weight excluding hydrogens is 265 g/mol. The molecule has 0 aliphatic rings. The highest BCUT2D eigenvalue weighted by Gasteiger charge is 2.73. The Bertz CT molecular complexity index is 268. The molecule has 10 heteroatoms. The number of alkyl halides is 7. The predicted octanol–water partition coefficient (Wildman–Crippen LogP) is 1.74. The first-order valence-corrected chi connectivity index (χ1v) is 3.95. The first-order chi connectivity index (χ1) is 7.37. The molecule has 0 aliphatic heterocycles. The van der Waals surface area contributed by atoms with Crippen LogP contribution in [-0.2, 0) is 9.53 Å². The van der Waals surface area contributed by atoms with E-state index in [1.807, 2.05) is 0 Å². The molecule has 0 rings (SSSR count). The molecule has 0 bridgehead atoms. The molecule has 17 heavy (non-hydrogen) atoms. The van der Waals surface area contributed by atoms with E-state index in [0.717, 1.165) is 0 Å². The number of hydrogen-bond donors (Lipinski definition) is 1. The standard InChI is InChI=1S/C7H7F7O3/c1-17-4(16)3(15)2-5(8,6(9,10)11)7(12,13)14/h3,15H,2H2,1H3. The van der Waals surface area contributed by atoms with Gasteiger partial charge in [-0.1, -0.05) is 0 Å². The Kier molecular flexibility index (Phi) is 4.38. The van der Waals surface area contributed by atoms with Gasteiger partial charge in [0.25, 0.3) is 0 Å². The van der Waals surface area contributed by atoms with Crippen molar-refractivity contribution in [3.8, 4) is 0 Å². The van der Waals surface area contributed by atoms with Crippen molar-refractivity contribution in [2.45, 2.75) is 30.5 Å². The molecule has 3 nitrogen and oxygen atoms in total. The van der Waals surface area contributed by atoms with Gasteiger partial charge in [0.2, 0.25) is 0 Å². The Hall–Kier alpha value is -1.06. The summed E-state index contributed by atoms with van der Waals surface area (Å²) >= 11 is 0. The summed E-state index contributed by atoms with van der Waals surface area (Å²) in [5.74, 6) is -1.79. The fraction of sp³-hybridized carbons (Fsp3) is 0.857. The second-order valence-electron chi connectivity index (χ2n) is 3.04. The Balaban J connectivity index is 5.19. The van der Waals surface area contributed by atoms with Gasteiger partial charge in [-0.15, -0.1) is 0 Å². The largest absolute Gasteiger partial charge is 0.467 e. The topological polar surface area (TPSA) is 46.5 Å². The average molecular weight is 272 g/mol. The minimum Gasteiger partial charge on any atom is -0.467 e. The van der Waals surface area contributed by atoms with E-state index in [4.69, 9.17) is 5.11 Å². The smallest absolute Gasteiger partial charge is 0.431 e. The maximum atomic E-state index is 12.9. The Morgan fingerprint density at radius 3 is 1.71 bits per heavy atom. The third kappa shape index (κ3) is 3.20. The normalized spacial score (nSPS) is 15.6. The lowest BCUT2D eigenvalue weighted by molar-refractivity contribution is -0.346. The third-order valence-electron chi connectivity index (χ3n) is 1.85. The van der Waals surface area contributed by atoms with Crippen molar-refractivity contribution in [1.82, 2.24) is 0 Å². The number of hydrogen-bond acceptors (Lipinski definition) is 3. The van der Waals surface area contributed by atoms with Gasteiger partial charge in [0.15, 0.2) is 6.10 Å². The molecule has 0 fully saturated rings. The Morgan fingerprint density at radius 1 is 1.12 bits per heavy atom. The van der Waals surface area contributed by atoms with Crippen molar-refractivity contribution in [3.05, 3.63) is 0 Å². The van der Waals surface area contributed by atoms with Crippen LogP contribution < -0.4 is 0 Å². The van der Waals surface area contributed by atoms with Gasteiger partial charge in [-0.3, -0.25) is 0 Å². The summed E-state index contributed by atoms with van der Waals surface area (Å²) in [6.45, 7) is 0. The average Bonchev–Trinajstić information content (AvgIpc) is 2.12. The number of rotatable bonds is 3. The van der Waals surface area contributed by atoms with Crippen molar-refractivity contribution in [2.75, 3.05) is 7.11 Å². The Morgan fingerprint density at radius 2 is 1.47 bits per heavy atom. The number of carbonyl (C=O) groups excluding carboxylic acids is 1. The van der Waals surface area contributed by atoms with Crippen LogP contribution in [0, 0.1) is 0 Å². The zero-order chi connectivity index (χ0) is 14.1. The number of halogens is 7. The molecule has 0 aromatic heterocycles. The monoisotopic (exact) mass is 272 g/mol. The zero-order valence-corrected chi connectivity index (χ0v) is 8.19. The van der Waals surface area contributed by atoms with Crippen LogP contribution in [-0.4, -0.2) is 42.3 Å². The minimum absolute atomic E-state index is 0.618. The molecule has 0 aromatic carbocycles. The van der Waals surface area contributed by atoms with Gasteiger partial charge >= 0.3 is 24.0 Å². The quantitative estimate of drug-likeness (QED) is 0.629. The minimum atomic E-state index is -6.31. The van der Waals surface area contributed by atoms with Crippen molar-refractivity contribution < 1.29 is 45.4 Å². The number of aliphatic hydroxyl groups is 1. The molecule has 1 N–H and O–H groups in total. The summed E-state index contributed by atoms with van der Waals surface area (Å²) < 4.78 is 88.4. The number of ether oxygens (including phenoxy) is 1. The van der Waals surface area contributed by atoms with Crippen LogP contribution in [0.25, 0.3) is 0 Å². The summed E-state index contributed by atoms with van der Waals surface area (Å²) in [6, 6.07) is 0. The molecule has 0 spiro atoms. The number of aliphatic hydroxyl groups excluding tert-OH is 1. The molecule has 0 aliphatic carbocycles. The molecule has 0 heterocycles. The molecule has 0 saturated carbocycles. The highest BCUT2D eigenvalue weighted by atomic mass is 19.4. The maximum absolute atomic E-state index is 12.9. The SMILES string of the molecule is COC(=O)C(O)CC(F)(C(F)(F)F)C(F)(F)F. The number of esters is 1. The van der Waals surface area contributed by atoms with Gasteiger partial charge in [0.05, 0.1) is 7.11 Å². The molecule has 0 aromatic rings. The molecule has 1 unspecified atom stereocenters. The van der Waals surface area contributed by atoms with Gasteiger partial charge in [-0.05, 0) is 0 Å². The van der Waals surface area contributed by atoms with E-state index in [2.05, 4.69) is 4.74 Å². The van der Waals surface area contributed by atoms with Crippen LogP contribution >= 0.6 is 0 Å². The lowest BCUT2D eigenvalue weighted by Crippen LogP contribution is -2.55. The first-order valence-electron chi connectivity index (χ1n) is 3.95. The highest BCUT2D eigenvalue weighted by molar-refractivity contribution is 5.74. The summed E-state index contributed by atoms with van der Waals surface area (Å²) in [5.41, 5.74) is -5.67. The number of carbonyl (C=O) groups is 1. The van der Waals surface area contributed by atoms with E-state index in [1.54, 1.807) is 0 Å². The zero-order valence-electron chi connectivity index (χ0n) is 8.19. The third-order valence-corrected chi connectivity index (χ3v) is 1.85. The summed E-state index contributed by atoms with van der Waals surface area (Å²) in [6.07, 6.45) is -18.0. The summed E-state index contributed by atoms with van der Waals surface area (Å²) in [7, 11) is 0.618. The van der Waals surface area contributed by atoms with Crippen molar-refractivity contribution in [3.63, 3.8) is 0 Å². The van der Waals surface area contributed by atoms with Crippen LogP contribution in [0.3, 0.4) is 0 Å². The predicted molar refractivity (Wildman–Crippen MR) is 38.6 cm³/mol. The van der Waals surface area contributed by atoms with E-state index >= 15 is 0 Å². The van der Waals surface area contributed by atoms with Crippen molar-refractivity contribution in [1.29, 1.82) is 0 Å². The summed E-state index contributed by atoms with van der Waals surface area (Å²) in [5, 5.41) is 8.67. The van der Waals surface area contributed by atoms with Crippen LogP contribution in [0.4, 0.5) is 30.7 Å². The molecule has 0 radical (unpaired) electrons. The molecule has 0 saturated heterocycles. The highest BCUT2D eigenvalue weighted by Crippen LogP contribution is 2.48. The Labute approximate surface area is 90.2 Å². The number of methoxy groups -OCH3 is 1. The van der Waals surface area contributed by atoms with Crippen LogP contribution in [0.2, 0.25) is 0 Å². The maximum Gasteiger partial charge on any atom is 0.431 e. The van der Waals surface area contributed by atoms with Gasteiger partial charge in [0.1, 0.15) is 0 Å². The second-order valence-corrected chi connectivity index (χ2v) is 3.04. The van der Waals surface area contributed by atoms with E-state index < -0.39 is 36.5 Å². The van der Waals surface area contributed by atoms with Crippen molar-refractivity contribution in [2.24, 2.45) is 0 Å².